The predicted molar refractivity (Wildman–Crippen MR) is 92.2 cm³/mol. The third-order valence-electron chi connectivity index (χ3n) is 3.75. The highest BCUT2D eigenvalue weighted by Crippen LogP contribution is 2.17. The third kappa shape index (κ3) is 5.97. The molecule has 0 saturated carbocycles. The Hall–Kier alpha value is -1.37. The van der Waals surface area contributed by atoms with Crippen molar-refractivity contribution in [2.24, 2.45) is 5.92 Å². The number of rotatable bonds is 8. The van der Waals surface area contributed by atoms with E-state index in [1.54, 1.807) is 24.3 Å². The van der Waals surface area contributed by atoms with E-state index in [4.69, 9.17) is 4.74 Å². The quantitative estimate of drug-likeness (QED) is 0.714. The van der Waals surface area contributed by atoms with Gasteiger partial charge in [0.25, 0.3) is 0 Å². The molecule has 1 aromatic carbocycles. The molecular formula is C17H26N2O3S. The van der Waals surface area contributed by atoms with Crippen LogP contribution < -0.4 is 14.8 Å². The van der Waals surface area contributed by atoms with Crippen LogP contribution in [-0.4, -0.2) is 34.7 Å². The molecule has 2 N–H and O–H groups in total. The summed E-state index contributed by atoms with van der Waals surface area (Å²) in [6, 6.07) is 6.59. The lowest BCUT2D eigenvalue weighted by Crippen LogP contribution is -2.29. The molecule has 128 valence electrons. The van der Waals surface area contributed by atoms with E-state index in [9.17, 15) is 8.42 Å². The van der Waals surface area contributed by atoms with Gasteiger partial charge in [0.05, 0.1) is 11.5 Å². The van der Waals surface area contributed by atoms with Gasteiger partial charge in [-0.1, -0.05) is 25.5 Å². The fraction of sp³-hybridized carbons (Fsp3) is 0.529. The zero-order valence-electron chi connectivity index (χ0n) is 13.8. The summed E-state index contributed by atoms with van der Waals surface area (Å²) >= 11 is 0. The molecule has 0 bridgehead atoms. The van der Waals surface area contributed by atoms with Gasteiger partial charge in [-0.3, -0.25) is 0 Å². The summed E-state index contributed by atoms with van der Waals surface area (Å²) in [5, 5.41) is 3.21. The van der Waals surface area contributed by atoms with Crippen LogP contribution in [0.5, 0.6) is 5.75 Å². The predicted octanol–water partition coefficient (Wildman–Crippen LogP) is 2.31. The standard InChI is InChI=1S/C17H26N2O3S/c1-14(2)9-12-22-16-3-5-17(6-4-16)23(20,21)19-13-15-7-10-18-11-8-15/h3-7,14,18-19H,8-13H2,1-2H3. The Morgan fingerprint density at radius 1 is 1.26 bits per heavy atom. The van der Waals surface area contributed by atoms with Crippen LogP contribution in [0.4, 0.5) is 0 Å². The lowest BCUT2D eigenvalue weighted by Gasteiger charge is -2.15. The first-order chi connectivity index (χ1) is 11.0. The molecule has 6 heteroatoms. The number of hydrogen-bond acceptors (Lipinski definition) is 4. The first kappa shape index (κ1) is 18.0. The minimum absolute atomic E-state index is 0.267. The second-order valence-corrected chi connectivity index (χ2v) is 7.91. The molecule has 1 aliphatic rings. The van der Waals surface area contributed by atoms with Gasteiger partial charge in [-0.2, -0.15) is 0 Å². The molecule has 0 atom stereocenters. The van der Waals surface area contributed by atoms with Gasteiger partial charge in [0.15, 0.2) is 0 Å². The van der Waals surface area contributed by atoms with Crippen LogP contribution in [0.3, 0.4) is 0 Å². The van der Waals surface area contributed by atoms with Crippen molar-refractivity contribution in [2.75, 3.05) is 26.2 Å². The molecular weight excluding hydrogens is 312 g/mol. The first-order valence-corrected chi connectivity index (χ1v) is 9.57. The smallest absolute Gasteiger partial charge is 0.240 e. The van der Waals surface area contributed by atoms with E-state index >= 15 is 0 Å². The zero-order valence-corrected chi connectivity index (χ0v) is 14.7. The van der Waals surface area contributed by atoms with E-state index in [1.165, 1.54) is 0 Å². The summed E-state index contributed by atoms with van der Waals surface area (Å²) in [5.74, 6) is 1.29. The van der Waals surface area contributed by atoms with Crippen LogP contribution in [-0.2, 0) is 10.0 Å². The SMILES string of the molecule is CC(C)CCOc1ccc(S(=O)(=O)NCC2=CCNCC2)cc1. The Labute approximate surface area is 139 Å². The van der Waals surface area contributed by atoms with E-state index < -0.39 is 10.0 Å². The second kappa shape index (κ2) is 8.47. The molecule has 0 fully saturated rings. The van der Waals surface area contributed by atoms with Crippen LogP contribution in [0.1, 0.15) is 26.7 Å². The molecule has 0 amide bonds. The van der Waals surface area contributed by atoms with Crippen LogP contribution in [0.2, 0.25) is 0 Å². The third-order valence-corrected chi connectivity index (χ3v) is 5.16. The highest BCUT2D eigenvalue weighted by atomic mass is 32.2. The van der Waals surface area contributed by atoms with Gasteiger partial charge in [0, 0.05) is 13.1 Å². The minimum atomic E-state index is -3.48. The summed E-state index contributed by atoms with van der Waals surface area (Å²) in [6.07, 6.45) is 3.90. The van der Waals surface area contributed by atoms with E-state index in [1.807, 2.05) is 6.08 Å². The van der Waals surface area contributed by atoms with Gasteiger partial charge in [-0.25, -0.2) is 13.1 Å². The van der Waals surface area contributed by atoms with E-state index in [0.29, 0.717) is 24.8 Å². The van der Waals surface area contributed by atoms with Crippen molar-refractivity contribution < 1.29 is 13.2 Å². The lowest BCUT2D eigenvalue weighted by atomic mass is 10.1. The maximum absolute atomic E-state index is 12.3. The van der Waals surface area contributed by atoms with Crippen molar-refractivity contribution >= 4 is 10.0 Å². The fourth-order valence-electron chi connectivity index (χ4n) is 2.23. The van der Waals surface area contributed by atoms with Crippen molar-refractivity contribution in [1.29, 1.82) is 0 Å². The van der Waals surface area contributed by atoms with Crippen molar-refractivity contribution in [1.82, 2.24) is 10.0 Å². The molecule has 1 heterocycles. The van der Waals surface area contributed by atoms with Gasteiger partial charge in [0.2, 0.25) is 10.0 Å². The first-order valence-electron chi connectivity index (χ1n) is 8.08. The Morgan fingerprint density at radius 3 is 2.61 bits per heavy atom. The Bertz CT molecular complexity index is 622. The molecule has 5 nitrogen and oxygen atoms in total. The topological polar surface area (TPSA) is 67.4 Å². The molecule has 0 aliphatic carbocycles. The average Bonchev–Trinajstić information content (AvgIpc) is 2.54. The highest BCUT2D eigenvalue weighted by Gasteiger charge is 2.15. The van der Waals surface area contributed by atoms with Crippen molar-refractivity contribution in [3.63, 3.8) is 0 Å². The lowest BCUT2D eigenvalue weighted by molar-refractivity contribution is 0.289. The Balaban J connectivity index is 1.90. The molecule has 0 aromatic heterocycles. The van der Waals surface area contributed by atoms with Gasteiger partial charge < -0.3 is 10.1 Å². The molecule has 1 aliphatic heterocycles. The number of benzene rings is 1. The van der Waals surface area contributed by atoms with Crippen molar-refractivity contribution in [3.05, 3.63) is 35.9 Å². The summed E-state index contributed by atoms with van der Waals surface area (Å²) in [7, 11) is -3.48. The molecule has 1 aromatic rings. The molecule has 0 radical (unpaired) electrons. The maximum Gasteiger partial charge on any atom is 0.240 e. The summed E-state index contributed by atoms with van der Waals surface area (Å²) in [4.78, 5) is 0.267. The fourth-order valence-corrected chi connectivity index (χ4v) is 3.27. The molecule has 0 spiro atoms. The largest absolute Gasteiger partial charge is 0.494 e. The number of hydrogen-bond donors (Lipinski definition) is 2. The highest BCUT2D eigenvalue weighted by molar-refractivity contribution is 7.89. The average molecular weight is 338 g/mol. The van der Waals surface area contributed by atoms with Crippen molar-refractivity contribution in [2.45, 2.75) is 31.6 Å². The summed E-state index contributed by atoms with van der Waals surface area (Å²) in [6.45, 7) is 7.00. The molecule has 0 unspecified atom stereocenters. The number of nitrogens with one attached hydrogen (secondary N) is 2. The zero-order chi connectivity index (χ0) is 16.7. The molecule has 23 heavy (non-hydrogen) atoms. The van der Waals surface area contributed by atoms with E-state index in [2.05, 4.69) is 23.9 Å². The van der Waals surface area contributed by atoms with E-state index in [0.717, 1.165) is 31.5 Å². The van der Waals surface area contributed by atoms with Gasteiger partial charge >= 0.3 is 0 Å². The minimum Gasteiger partial charge on any atom is -0.494 e. The van der Waals surface area contributed by atoms with Crippen LogP contribution in [0, 0.1) is 5.92 Å². The van der Waals surface area contributed by atoms with Crippen LogP contribution in [0.15, 0.2) is 40.8 Å². The van der Waals surface area contributed by atoms with Gasteiger partial charge in [-0.15, -0.1) is 0 Å². The number of ether oxygens (including phenoxy) is 1. The Kier molecular flexibility index (Phi) is 6.62. The van der Waals surface area contributed by atoms with Crippen molar-refractivity contribution in [3.8, 4) is 5.75 Å². The van der Waals surface area contributed by atoms with Gasteiger partial charge in [0.1, 0.15) is 5.75 Å². The van der Waals surface area contributed by atoms with Crippen LogP contribution >= 0.6 is 0 Å². The summed E-state index contributed by atoms with van der Waals surface area (Å²) < 4.78 is 32.9. The Morgan fingerprint density at radius 2 is 2.00 bits per heavy atom. The van der Waals surface area contributed by atoms with Crippen LogP contribution in [0.25, 0.3) is 0 Å². The second-order valence-electron chi connectivity index (χ2n) is 6.14. The normalized spacial score (nSPS) is 15.5. The maximum atomic E-state index is 12.3. The van der Waals surface area contributed by atoms with Gasteiger partial charge in [-0.05, 0) is 49.6 Å². The summed E-state index contributed by atoms with van der Waals surface area (Å²) in [5.41, 5.74) is 1.13. The van der Waals surface area contributed by atoms with E-state index in [-0.39, 0.29) is 4.90 Å². The monoisotopic (exact) mass is 338 g/mol. The molecule has 2 rings (SSSR count). The number of sulfonamides is 1. The molecule has 0 saturated heterocycles.